The second kappa shape index (κ2) is 7.04. The van der Waals surface area contributed by atoms with Gasteiger partial charge in [-0.2, -0.15) is 0 Å². The van der Waals surface area contributed by atoms with Crippen molar-refractivity contribution in [3.63, 3.8) is 0 Å². The van der Waals surface area contributed by atoms with Crippen LogP contribution in [0.5, 0.6) is 11.5 Å². The molecular formula is C21H20N2O3. The Morgan fingerprint density at radius 3 is 2.85 bits per heavy atom. The molecule has 5 heteroatoms. The number of nitrogens with zero attached hydrogens (tertiary/aromatic N) is 1. The van der Waals surface area contributed by atoms with Crippen LogP contribution in [0.4, 0.5) is 0 Å². The molecule has 1 amide bonds. The second-order valence-corrected chi connectivity index (χ2v) is 6.25. The predicted molar refractivity (Wildman–Crippen MR) is 101 cm³/mol. The molecule has 0 aliphatic carbocycles. The molecule has 132 valence electrons. The van der Waals surface area contributed by atoms with Gasteiger partial charge in [-0.15, -0.1) is 0 Å². The van der Waals surface area contributed by atoms with Crippen molar-refractivity contribution in [2.75, 3.05) is 13.3 Å². The molecule has 5 nitrogen and oxygen atoms in total. The SMILES string of the molecule is CCCCNC(=O)c1cc(-c2ccc3c(c2)OCO3)nc2ccccc12. The summed E-state index contributed by atoms with van der Waals surface area (Å²) < 4.78 is 10.8. The molecule has 0 bridgehead atoms. The topological polar surface area (TPSA) is 60.5 Å². The smallest absolute Gasteiger partial charge is 0.252 e. The van der Waals surface area contributed by atoms with E-state index in [-0.39, 0.29) is 12.7 Å². The maximum Gasteiger partial charge on any atom is 0.252 e. The molecular weight excluding hydrogens is 328 g/mol. The fourth-order valence-electron chi connectivity index (χ4n) is 3.04. The highest BCUT2D eigenvalue weighted by Gasteiger charge is 2.17. The third kappa shape index (κ3) is 3.08. The van der Waals surface area contributed by atoms with E-state index >= 15 is 0 Å². The van der Waals surface area contributed by atoms with Crippen LogP contribution in [-0.4, -0.2) is 24.2 Å². The van der Waals surface area contributed by atoms with E-state index in [1.54, 1.807) is 0 Å². The van der Waals surface area contributed by atoms with Crippen molar-refractivity contribution in [1.29, 1.82) is 0 Å². The number of benzene rings is 2. The van der Waals surface area contributed by atoms with Gasteiger partial charge in [0.05, 0.1) is 16.8 Å². The number of rotatable bonds is 5. The van der Waals surface area contributed by atoms with Crippen LogP contribution in [0.3, 0.4) is 0 Å². The lowest BCUT2D eigenvalue weighted by molar-refractivity contribution is 0.0955. The fraction of sp³-hybridized carbons (Fsp3) is 0.238. The monoisotopic (exact) mass is 348 g/mol. The summed E-state index contributed by atoms with van der Waals surface area (Å²) in [4.78, 5) is 17.5. The number of hydrogen-bond acceptors (Lipinski definition) is 4. The average Bonchev–Trinajstić information content (AvgIpc) is 3.15. The zero-order valence-corrected chi connectivity index (χ0v) is 14.6. The van der Waals surface area contributed by atoms with Gasteiger partial charge in [0.1, 0.15) is 0 Å². The minimum Gasteiger partial charge on any atom is -0.454 e. The number of amides is 1. The van der Waals surface area contributed by atoms with E-state index in [1.807, 2.05) is 48.5 Å². The Hall–Kier alpha value is -3.08. The largest absolute Gasteiger partial charge is 0.454 e. The summed E-state index contributed by atoms with van der Waals surface area (Å²) >= 11 is 0. The molecule has 0 unspecified atom stereocenters. The number of carbonyl (C=O) groups is 1. The van der Waals surface area contributed by atoms with Gasteiger partial charge in [0.2, 0.25) is 6.79 Å². The van der Waals surface area contributed by atoms with Crippen LogP contribution in [0.25, 0.3) is 22.2 Å². The standard InChI is InChI=1S/C21H20N2O3/c1-2-3-10-22-21(24)16-12-18(23-17-7-5-4-6-15(16)17)14-8-9-19-20(11-14)26-13-25-19/h4-9,11-12H,2-3,10,13H2,1H3,(H,22,24). The first-order valence-electron chi connectivity index (χ1n) is 8.84. The van der Waals surface area contributed by atoms with Crippen molar-refractivity contribution in [2.24, 2.45) is 0 Å². The van der Waals surface area contributed by atoms with Crippen molar-refractivity contribution in [2.45, 2.75) is 19.8 Å². The van der Waals surface area contributed by atoms with Crippen molar-refractivity contribution in [3.05, 3.63) is 54.1 Å². The number of nitrogens with one attached hydrogen (secondary N) is 1. The van der Waals surface area contributed by atoms with E-state index in [9.17, 15) is 4.79 Å². The Labute approximate surface area is 152 Å². The highest BCUT2D eigenvalue weighted by Crippen LogP contribution is 2.36. The molecule has 0 fully saturated rings. The molecule has 26 heavy (non-hydrogen) atoms. The maximum atomic E-state index is 12.7. The molecule has 3 aromatic rings. The summed E-state index contributed by atoms with van der Waals surface area (Å²) in [5, 5.41) is 3.85. The number of hydrogen-bond donors (Lipinski definition) is 1. The third-order valence-corrected chi connectivity index (χ3v) is 4.45. The molecule has 2 heterocycles. The molecule has 1 aromatic heterocycles. The summed E-state index contributed by atoms with van der Waals surface area (Å²) in [5.41, 5.74) is 3.06. The van der Waals surface area contributed by atoms with E-state index in [0.717, 1.165) is 40.8 Å². The molecule has 0 saturated carbocycles. The van der Waals surface area contributed by atoms with Gasteiger partial charge in [0.15, 0.2) is 11.5 Å². The van der Waals surface area contributed by atoms with E-state index in [0.29, 0.717) is 17.9 Å². The van der Waals surface area contributed by atoms with Crippen LogP contribution in [0, 0.1) is 0 Å². The van der Waals surface area contributed by atoms with Crippen molar-refractivity contribution in [1.82, 2.24) is 10.3 Å². The van der Waals surface area contributed by atoms with Crippen LogP contribution in [-0.2, 0) is 0 Å². The van der Waals surface area contributed by atoms with Gasteiger partial charge in [-0.05, 0) is 36.8 Å². The van der Waals surface area contributed by atoms with E-state index in [1.165, 1.54) is 0 Å². The summed E-state index contributed by atoms with van der Waals surface area (Å²) in [6.07, 6.45) is 2.00. The van der Waals surface area contributed by atoms with Gasteiger partial charge >= 0.3 is 0 Å². The van der Waals surface area contributed by atoms with Gasteiger partial charge < -0.3 is 14.8 Å². The van der Waals surface area contributed by atoms with Crippen LogP contribution in [0.1, 0.15) is 30.1 Å². The quantitative estimate of drug-likeness (QED) is 0.703. The maximum absolute atomic E-state index is 12.7. The van der Waals surface area contributed by atoms with E-state index in [4.69, 9.17) is 14.5 Å². The summed E-state index contributed by atoms with van der Waals surface area (Å²) in [6.45, 7) is 3.01. The number of aromatic nitrogens is 1. The lowest BCUT2D eigenvalue weighted by Crippen LogP contribution is -2.24. The Morgan fingerprint density at radius 2 is 1.96 bits per heavy atom. The normalized spacial score (nSPS) is 12.3. The van der Waals surface area contributed by atoms with Gasteiger partial charge in [-0.25, -0.2) is 4.98 Å². The molecule has 1 aliphatic heterocycles. The second-order valence-electron chi connectivity index (χ2n) is 6.25. The van der Waals surface area contributed by atoms with E-state index < -0.39 is 0 Å². The predicted octanol–water partition coefficient (Wildman–Crippen LogP) is 4.16. The molecule has 0 radical (unpaired) electrons. The highest BCUT2D eigenvalue weighted by atomic mass is 16.7. The van der Waals surface area contributed by atoms with Gasteiger partial charge in [-0.1, -0.05) is 31.5 Å². The Balaban J connectivity index is 1.77. The molecule has 4 rings (SSSR count). The lowest BCUT2D eigenvalue weighted by atomic mass is 10.0. The third-order valence-electron chi connectivity index (χ3n) is 4.45. The number of unbranched alkanes of at least 4 members (excludes halogenated alkanes) is 1. The first-order valence-corrected chi connectivity index (χ1v) is 8.84. The molecule has 2 aromatic carbocycles. The highest BCUT2D eigenvalue weighted by molar-refractivity contribution is 6.07. The Kier molecular flexibility index (Phi) is 4.44. The number of carbonyl (C=O) groups excluding carboxylic acids is 1. The minimum atomic E-state index is -0.0703. The summed E-state index contributed by atoms with van der Waals surface area (Å²) in [5.74, 6) is 1.36. The van der Waals surface area contributed by atoms with Crippen LogP contribution >= 0.6 is 0 Å². The molecule has 1 aliphatic rings. The minimum absolute atomic E-state index is 0.0703. The number of ether oxygens (including phenoxy) is 2. The van der Waals surface area contributed by atoms with Crippen molar-refractivity contribution in [3.8, 4) is 22.8 Å². The average molecular weight is 348 g/mol. The number of pyridine rings is 1. The molecule has 0 saturated heterocycles. The molecule has 0 spiro atoms. The molecule has 1 N–H and O–H groups in total. The van der Waals surface area contributed by atoms with Gasteiger partial charge in [0, 0.05) is 17.5 Å². The van der Waals surface area contributed by atoms with Crippen LogP contribution < -0.4 is 14.8 Å². The van der Waals surface area contributed by atoms with Crippen molar-refractivity contribution < 1.29 is 14.3 Å². The zero-order valence-electron chi connectivity index (χ0n) is 14.6. The van der Waals surface area contributed by atoms with Gasteiger partial charge in [-0.3, -0.25) is 4.79 Å². The lowest BCUT2D eigenvalue weighted by Gasteiger charge is -2.11. The summed E-state index contributed by atoms with van der Waals surface area (Å²) in [6, 6.07) is 15.3. The molecule has 0 atom stereocenters. The zero-order chi connectivity index (χ0) is 17.9. The number of fused-ring (bicyclic) bond motifs is 2. The number of para-hydroxylation sites is 1. The summed E-state index contributed by atoms with van der Waals surface area (Å²) in [7, 11) is 0. The van der Waals surface area contributed by atoms with Crippen LogP contribution in [0.15, 0.2) is 48.5 Å². The van der Waals surface area contributed by atoms with Crippen LogP contribution in [0.2, 0.25) is 0 Å². The van der Waals surface area contributed by atoms with E-state index in [2.05, 4.69) is 12.2 Å². The first kappa shape index (κ1) is 16.4. The van der Waals surface area contributed by atoms with Crippen molar-refractivity contribution >= 4 is 16.8 Å². The van der Waals surface area contributed by atoms with Gasteiger partial charge in [0.25, 0.3) is 5.91 Å². The Morgan fingerprint density at radius 1 is 1.12 bits per heavy atom. The Bertz CT molecular complexity index is 969. The first-order chi connectivity index (χ1) is 12.8. The fourth-order valence-corrected chi connectivity index (χ4v) is 3.04.